The lowest BCUT2D eigenvalue weighted by molar-refractivity contribution is -0.150. The molecule has 6 rings (SSSR count). The Morgan fingerprint density at radius 1 is 1.07 bits per heavy atom. The molecule has 0 amide bonds. The molecule has 9 heteroatoms. The molecule has 0 radical (unpaired) electrons. The van der Waals surface area contributed by atoms with Crippen LogP contribution in [0.15, 0.2) is 41.6 Å². The van der Waals surface area contributed by atoms with E-state index in [0.29, 0.717) is 32.5 Å². The third-order valence-electron chi connectivity index (χ3n) is 9.02. The second-order valence-corrected chi connectivity index (χ2v) is 12.1. The van der Waals surface area contributed by atoms with Crippen LogP contribution in [-0.4, -0.2) is 78.2 Å². The summed E-state index contributed by atoms with van der Waals surface area (Å²) < 4.78 is 19.9. The highest BCUT2D eigenvalue weighted by Gasteiger charge is 2.51. The van der Waals surface area contributed by atoms with E-state index in [2.05, 4.69) is 32.0 Å². The second-order valence-electron chi connectivity index (χ2n) is 12.1. The molecule has 3 saturated heterocycles. The Balaban J connectivity index is 1.15. The molecule has 3 fully saturated rings. The number of piperidine rings is 1. The van der Waals surface area contributed by atoms with Crippen LogP contribution in [0.4, 0.5) is 10.1 Å². The van der Waals surface area contributed by atoms with Crippen molar-refractivity contribution in [1.82, 2.24) is 9.80 Å². The molecule has 2 aromatic carbocycles. The number of hydrogen-bond donors (Lipinski definition) is 1. The quantitative estimate of drug-likeness (QED) is 0.522. The number of anilines is 1. The number of likely N-dealkylation sites (tertiary alicyclic amines) is 2. The van der Waals surface area contributed by atoms with Crippen molar-refractivity contribution >= 4 is 17.5 Å². The fourth-order valence-electron chi connectivity index (χ4n) is 6.58. The van der Waals surface area contributed by atoms with Gasteiger partial charge in [-0.2, -0.15) is 0 Å². The lowest BCUT2D eigenvalue weighted by Crippen LogP contribution is -2.61. The van der Waals surface area contributed by atoms with Crippen molar-refractivity contribution < 1.29 is 23.9 Å². The number of ether oxygens (including phenoxy) is 1. The first-order chi connectivity index (χ1) is 19.3. The lowest BCUT2D eigenvalue weighted by Gasteiger charge is -2.46. The van der Waals surface area contributed by atoms with Gasteiger partial charge in [-0.1, -0.05) is 17.3 Å². The van der Waals surface area contributed by atoms with Gasteiger partial charge >= 0.3 is 5.97 Å². The van der Waals surface area contributed by atoms with E-state index < -0.39 is 11.4 Å². The minimum atomic E-state index is -0.714. The van der Waals surface area contributed by atoms with Crippen LogP contribution in [0.25, 0.3) is 11.1 Å². The SMILES string of the molecule is CCOc1cc(CN2CC3(CC(N4CCC(C)(C(=O)O)CC4)=NO3)C2)cc(N2CCCC2)c1-c1ccc(F)cc1. The molecule has 0 unspecified atom stereocenters. The fourth-order valence-corrected chi connectivity index (χ4v) is 6.58. The predicted molar refractivity (Wildman–Crippen MR) is 152 cm³/mol. The predicted octanol–water partition coefficient (Wildman–Crippen LogP) is 4.97. The Morgan fingerprint density at radius 2 is 1.77 bits per heavy atom. The molecule has 0 aliphatic carbocycles. The first-order valence-electron chi connectivity index (χ1n) is 14.5. The number of oxime groups is 1. The Hall–Kier alpha value is -3.33. The first-order valence-corrected chi connectivity index (χ1v) is 14.5. The van der Waals surface area contributed by atoms with Crippen LogP contribution >= 0.6 is 0 Å². The molecule has 0 aromatic heterocycles. The maximum Gasteiger partial charge on any atom is 0.309 e. The van der Waals surface area contributed by atoms with Crippen molar-refractivity contribution in [2.45, 2.75) is 58.1 Å². The van der Waals surface area contributed by atoms with E-state index in [1.807, 2.05) is 26.0 Å². The lowest BCUT2D eigenvalue weighted by atomic mass is 9.80. The van der Waals surface area contributed by atoms with Crippen molar-refractivity contribution in [2.24, 2.45) is 10.6 Å². The average Bonchev–Trinajstić information content (AvgIpc) is 3.61. The molecular formula is C31H39FN4O4. The van der Waals surface area contributed by atoms with Gasteiger partial charge in [0.1, 0.15) is 17.4 Å². The zero-order valence-electron chi connectivity index (χ0n) is 23.5. The van der Waals surface area contributed by atoms with Crippen molar-refractivity contribution in [3.8, 4) is 16.9 Å². The Bertz CT molecular complexity index is 1280. The summed E-state index contributed by atoms with van der Waals surface area (Å²) >= 11 is 0. The van der Waals surface area contributed by atoms with E-state index in [9.17, 15) is 14.3 Å². The first kappa shape index (κ1) is 26.9. The molecule has 2 aromatic rings. The van der Waals surface area contributed by atoms with Gasteiger partial charge in [-0.15, -0.1) is 0 Å². The molecule has 1 spiro atoms. The summed E-state index contributed by atoms with van der Waals surface area (Å²) in [4.78, 5) is 24.6. The topological polar surface area (TPSA) is 77.8 Å². The largest absolute Gasteiger partial charge is 0.493 e. The molecule has 1 N–H and O–H groups in total. The summed E-state index contributed by atoms with van der Waals surface area (Å²) in [6.45, 7) is 10.2. The fraction of sp³-hybridized carbons (Fsp3) is 0.548. The minimum Gasteiger partial charge on any atom is -0.493 e. The van der Waals surface area contributed by atoms with Gasteiger partial charge in [-0.3, -0.25) is 9.69 Å². The van der Waals surface area contributed by atoms with Crippen LogP contribution < -0.4 is 9.64 Å². The standard InChI is InChI=1S/C31H39FN4O4/c1-3-39-26-17-22(16-25(35-12-4-5-13-35)28(26)23-6-8-24(32)9-7-23)19-34-20-31(21-34)18-27(33-40-31)36-14-10-30(2,11-15-36)29(37)38/h6-9,16-17H,3-5,10-15,18-21H2,1-2H3,(H,37,38). The highest BCUT2D eigenvalue weighted by atomic mass is 19.1. The van der Waals surface area contributed by atoms with Crippen LogP contribution in [0.1, 0.15) is 51.5 Å². The van der Waals surface area contributed by atoms with Crippen molar-refractivity contribution in [2.75, 3.05) is 50.8 Å². The van der Waals surface area contributed by atoms with E-state index >= 15 is 0 Å². The summed E-state index contributed by atoms with van der Waals surface area (Å²) in [6.07, 6.45) is 4.34. The smallest absolute Gasteiger partial charge is 0.309 e. The van der Waals surface area contributed by atoms with Crippen LogP contribution in [-0.2, 0) is 16.2 Å². The maximum atomic E-state index is 13.7. The summed E-state index contributed by atoms with van der Waals surface area (Å²) in [5.41, 5.74) is 3.40. The van der Waals surface area contributed by atoms with Crippen LogP contribution in [0.3, 0.4) is 0 Å². The number of nitrogens with zero attached hydrogens (tertiary/aromatic N) is 4. The van der Waals surface area contributed by atoms with Crippen molar-refractivity contribution in [3.05, 3.63) is 47.8 Å². The van der Waals surface area contributed by atoms with E-state index in [0.717, 1.165) is 80.4 Å². The van der Waals surface area contributed by atoms with Gasteiger partial charge in [0.15, 0.2) is 5.60 Å². The van der Waals surface area contributed by atoms with Gasteiger partial charge in [-0.25, -0.2) is 4.39 Å². The van der Waals surface area contributed by atoms with E-state index in [1.165, 1.54) is 17.7 Å². The third-order valence-corrected chi connectivity index (χ3v) is 9.02. The molecule has 0 bridgehead atoms. The number of halogens is 1. The monoisotopic (exact) mass is 550 g/mol. The number of carbonyl (C=O) groups is 1. The van der Waals surface area contributed by atoms with Crippen molar-refractivity contribution in [1.29, 1.82) is 0 Å². The number of benzene rings is 2. The molecule has 214 valence electrons. The van der Waals surface area contributed by atoms with Crippen LogP contribution in [0.5, 0.6) is 5.75 Å². The van der Waals surface area contributed by atoms with Gasteiger partial charge < -0.3 is 24.5 Å². The average molecular weight is 551 g/mol. The van der Waals surface area contributed by atoms with Crippen LogP contribution in [0, 0.1) is 11.2 Å². The molecule has 4 aliphatic heterocycles. The number of carboxylic acids is 1. The minimum absolute atomic E-state index is 0.243. The van der Waals surface area contributed by atoms with Gasteiger partial charge in [0.05, 0.1) is 18.4 Å². The normalized spacial score (nSPS) is 21.7. The van der Waals surface area contributed by atoms with E-state index in [1.54, 1.807) is 0 Å². The molecular weight excluding hydrogens is 511 g/mol. The zero-order valence-corrected chi connectivity index (χ0v) is 23.5. The number of amidine groups is 1. The molecule has 4 aliphatic rings. The molecule has 8 nitrogen and oxygen atoms in total. The molecule has 4 heterocycles. The zero-order chi connectivity index (χ0) is 27.9. The highest BCUT2D eigenvalue weighted by molar-refractivity contribution is 5.86. The summed E-state index contributed by atoms with van der Waals surface area (Å²) in [5.74, 6) is 0.831. The summed E-state index contributed by atoms with van der Waals surface area (Å²) in [5, 5.41) is 14.0. The Morgan fingerprint density at radius 3 is 2.42 bits per heavy atom. The number of hydrogen-bond acceptors (Lipinski definition) is 7. The van der Waals surface area contributed by atoms with Gasteiger partial charge in [0.25, 0.3) is 0 Å². The second kappa shape index (κ2) is 10.6. The summed E-state index contributed by atoms with van der Waals surface area (Å²) in [6, 6.07) is 11.1. The van der Waals surface area contributed by atoms with Crippen molar-refractivity contribution in [3.63, 3.8) is 0 Å². The number of aliphatic carboxylic acids is 1. The summed E-state index contributed by atoms with van der Waals surface area (Å²) in [7, 11) is 0. The molecule has 0 saturated carbocycles. The van der Waals surface area contributed by atoms with E-state index in [4.69, 9.17) is 9.57 Å². The Kier molecular flexibility index (Phi) is 7.10. The van der Waals surface area contributed by atoms with Gasteiger partial charge in [0.2, 0.25) is 0 Å². The maximum absolute atomic E-state index is 13.7. The highest BCUT2D eigenvalue weighted by Crippen LogP contribution is 2.43. The molecule has 0 atom stereocenters. The number of rotatable bonds is 7. The van der Waals surface area contributed by atoms with E-state index in [-0.39, 0.29) is 11.4 Å². The third kappa shape index (κ3) is 5.11. The molecule has 40 heavy (non-hydrogen) atoms. The van der Waals surface area contributed by atoms with Gasteiger partial charge in [0, 0.05) is 57.1 Å². The van der Waals surface area contributed by atoms with Crippen LogP contribution in [0.2, 0.25) is 0 Å². The Labute approximate surface area is 235 Å². The number of carboxylic acid groups (broad SMARTS) is 1. The van der Waals surface area contributed by atoms with Gasteiger partial charge in [-0.05, 0) is 74.9 Å².